The lowest BCUT2D eigenvalue weighted by Crippen LogP contribution is -2.30. The number of benzene rings is 3. The summed E-state index contributed by atoms with van der Waals surface area (Å²) in [7, 11) is -3.69. The van der Waals surface area contributed by atoms with Gasteiger partial charge in [-0.3, -0.25) is 0 Å². The SMILES string of the molecule is O=S(=O)(c1ccc(F)cc1)N1CCSC1c1ccc(OCc2ccccc2)cc1. The summed E-state index contributed by atoms with van der Waals surface area (Å²) in [5.41, 5.74) is 1.98. The van der Waals surface area contributed by atoms with Crippen LogP contribution in [0, 0.1) is 5.82 Å². The van der Waals surface area contributed by atoms with Crippen LogP contribution in [0.2, 0.25) is 0 Å². The third kappa shape index (κ3) is 4.47. The first-order valence-electron chi connectivity index (χ1n) is 9.20. The lowest BCUT2D eigenvalue weighted by Gasteiger charge is -2.23. The third-order valence-corrected chi connectivity index (χ3v) is 7.96. The lowest BCUT2D eigenvalue weighted by molar-refractivity contribution is 0.306. The molecule has 7 heteroatoms. The Balaban J connectivity index is 1.49. The Morgan fingerprint density at radius 1 is 0.966 bits per heavy atom. The van der Waals surface area contributed by atoms with Crippen LogP contribution >= 0.6 is 11.8 Å². The highest BCUT2D eigenvalue weighted by atomic mass is 32.2. The molecule has 0 aliphatic carbocycles. The van der Waals surface area contributed by atoms with Crippen molar-refractivity contribution in [2.45, 2.75) is 16.9 Å². The molecule has 1 saturated heterocycles. The Bertz CT molecular complexity index is 1060. The van der Waals surface area contributed by atoms with Gasteiger partial charge in [0.05, 0.1) is 10.3 Å². The van der Waals surface area contributed by atoms with Gasteiger partial charge in [0.1, 0.15) is 18.2 Å². The average molecular weight is 430 g/mol. The molecule has 150 valence electrons. The second-order valence-corrected chi connectivity index (χ2v) is 9.71. The predicted octanol–water partition coefficient (Wildman–Crippen LogP) is 4.84. The normalized spacial score (nSPS) is 17.3. The maximum Gasteiger partial charge on any atom is 0.244 e. The molecule has 0 amide bonds. The zero-order valence-corrected chi connectivity index (χ0v) is 17.2. The Labute approximate surface area is 174 Å². The van der Waals surface area contributed by atoms with Crippen molar-refractivity contribution >= 4 is 21.8 Å². The molecule has 1 heterocycles. The Morgan fingerprint density at radius 3 is 2.34 bits per heavy atom. The standard InChI is InChI=1S/C22H20FNO3S2/c23-19-8-12-21(13-9-19)29(25,26)24-14-15-28-22(24)18-6-10-20(11-7-18)27-16-17-4-2-1-3-5-17/h1-13,22H,14-16H2. The van der Waals surface area contributed by atoms with Crippen molar-refractivity contribution in [1.82, 2.24) is 4.31 Å². The van der Waals surface area contributed by atoms with Gasteiger partial charge in [-0.05, 0) is 47.5 Å². The van der Waals surface area contributed by atoms with Crippen LogP contribution in [-0.2, 0) is 16.6 Å². The van der Waals surface area contributed by atoms with Crippen LogP contribution in [0.25, 0.3) is 0 Å². The molecule has 1 unspecified atom stereocenters. The molecule has 0 saturated carbocycles. The first-order chi connectivity index (χ1) is 14.0. The monoisotopic (exact) mass is 429 g/mol. The number of nitrogens with zero attached hydrogens (tertiary/aromatic N) is 1. The summed E-state index contributed by atoms with van der Waals surface area (Å²) in [5, 5.41) is -0.312. The van der Waals surface area contributed by atoms with Gasteiger partial charge in [-0.2, -0.15) is 4.31 Å². The van der Waals surface area contributed by atoms with Crippen molar-refractivity contribution in [2.75, 3.05) is 12.3 Å². The zero-order chi connectivity index (χ0) is 20.3. The molecule has 0 bridgehead atoms. The molecule has 4 rings (SSSR count). The highest BCUT2D eigenvalue weighted by Gasteiger charge is 2.36. The van der Waals surface area contributed by atoms with Gasteiger partial charge in [-0.1, -0.05) is 42.5 Å². The topological polar surface area (TPSA) is 46.6 Å². The van der Waals surface area contributed by atoms with E-state index in [-0.39, 0.29) is 10.3 Å². The molecule has 1 aliphatic rings. The van der Waals surface area contributed by atoms with Gasteiger partial charge in [0.25, 0.3) is 0 Å². The molecule has 0 spiro atoms. The largest absolute Gasteiger partial charge is 0.489 e. The van der Waals surface area contributed by atoms with Crippen LogP contribution in [0.5, 0.6) is 5.75 Å². The Kier molecular flexibility index (Phi) is 5.89. The summed E-state index contributed by atoms with van der Waals surface area (Å²) >= 11 is 1.58. The molecular formula is C22H20FNO3S2. The van der Waals surface area contributed by atoms with Crippen LogP contribution in [0.15, 0.2) is 83.8 Å². The van der Waals surface area contributed by atoms with E-state index in [4.69, 9.17) is 4.74 Å². The third-order valence-electron chi connectivity index (χ3n) is 4.68. The summed E-state index contributed by atoms with van der Waals surface area (Å²) in [6.45, 7) is 0.894. The van der Waals surface area contributed by atoms with Gasteiger partial charge in [0, 0.05) is 12.3 Å². The second kappa shape index (κ2) is 8.57. The number of hydrogen-bond acceptors (Lipinski definition) is 4. The van der Waals surface area contributed by atoms with Crippen molar-refractivity contribution in [2.24, 2.45) is 0 Å². The number of rotatable bonds is 6. The molecule has 0 radical (unpaired) electrons. The molecule has 0 N–H and O–H groups in total. The Hall–Kier alpha value is -2.35. The summed E-state index contributed by atoms with van der Waals surface area (Å²) in [4.78, 5) is 0.106. The number of halogens is 1. The molecule has 3 aromatic rings. The van der Waals surface area contributed by atoms with Crippen LogP contribution in [0.1, 0.15) is 16.5 Å². The fraction of sp³-hybridized carbons (Fsp3) is 0.182. The number of hydrogen-bond donors (Lipinski definition) is 0. The van der Waals surface area contributed by atoms with Gasteiger partial charge in [-0.15, -0.1) is 11.8 Å². The molecular weight excluding hydrogens is 409 g/mol. The molecule has 1 aliphatic heterocycles. The molecule has 1 atom stereocenters. The Morgan fingerprint density at radius 2 is 1.66 bits per heavy atom. The van der Waals surface area contributed by atoms with Crippen molar-refractivity contribution < 1.29 is 17.5 Å². The maximum absolute atomic E-state index is 13.2. The quantitative estimate of drug-likeness (QED) is 0.563. The lowest BCUT2D eigenvalue weighted by atomic mass is 10.2. The summed E-state index contributed by atoms with van der Waals surface area (Å²) < 4.78 is 46.5. The highest BCUT2D eigenvalue weighted by Crippen LogP contribution is 2.41. The number of thioether (sulfide) groups is 1. The summed E-state index contributed by atoms with van der Waals surface area (Å²) in [5.74, 6) is 0.980. The minimum atomic E-state index is -3.69. The molecule has 1 fully saturated rings. The van der Waals surface area contributed by atoms with E-state index in [1.54, 1.807) is 11.8 Å². The smallest absolute Gasteiger partial charge is 0.244 e. The van der Waals surface area contributed by atoms with Gasteiger partial charge < -0.3 is 4.74 Å². The van der Waals surface area contributed by atoms with E-state index in [1.165, 1.54) is 28.6 Å². The zero-order valence-electron chi connectivity index (χ0n) is 15.6. The van der Waals surface area contributed by atoms with Crippen molar-refractivity contribution in [3.05, 3.63) is 95.8 Å². The van der Waals surface area contributed by atoms with Gasteiger partial charge in [0.15, 0.2) is 0 Å². The molecule has 3 aromatic carbocycles. The van der Waals surface area contributed by atoms with E-state index in [1.807, 2.05) is 54.6 Å². The molecule has 4 nitrogen and oxygen atoms in total. The predicted molar refractivity (Wildman–Crippen MR) is 113 cm³/mol. The van der Waals surface area contributed by atoms with Crippen molar-refractivity contribution in [3.63, 3.8) is 0 Å². The summed E-state index contributed by atoms with van der Waals surface area (Å²) in [6, 6.07) is 22.4. The van der Waals surface area contributed by atoms with Gasteiger partial charge in [-0.25, -0.2) is 12.8 Å². The minimum absolute atomic E-state index is 0.106. The highest BCUT2D eigenvalue weighted by molar-refractivity contribution is 8.01. The van der Waals surface area contributed by atoms with Crippen LogP contribution in [0.3, 0.4) is 0 Å². The van der Waals surface area contributed by atoms with E-state index < -0.39 is 15.8 Å². The molecule has 29 heavy (non-hydrogen) atoms. The number of ether oxygens (including phenoxy) is 1. The van der Waals surface area contributed by atoms with Crippen molar-refractivity contribution in [3.8, 4) is 5.75 Å². The van der Waals surface area contributed by atoms with Crippen LogP contribution < -0.4 is 4.74 Å². The van der Waals surface area contributed by atoms with Crippen LogP contribution in [-0.4, -0.2) is 25.0 Å². The fourth-order valence-electron chi connectivity index (χ4n) is 3.17. The fourth-order valence-corrected chi connectivity index (χ4v) is 6.42. The van der Waals surface area contributed by atoms with E-state index in [2.05, 4.69) is 0 Å². The van der Waals surface area contributed by atoms with Gasteiger partial charge in [0.2, 0.25) is 10.0 Å². The molecule has 0 aromatic heterocycles. The van der Waals surface area contributed by atoms with Crippen LogP contribution in [0.4, 0.5) is 4.39 Å². The van der Waals surface area contributed by atoms with E-state index >= 15 is 0 Å². The van der Waals surface area contributed by atoms with Gasteiger partial charge >= 0.3 is 0 Å². The first-order valence-corrected chi connectivity index (χ1v) is 11.7. The summed E-state index contributed by atoms with van der Waals surface area (Å²) in [6.07, 6.45) is 0. The maximum atomic E-state index is 13.2. The minimum Gasteiger partial charge on any atom is -0.489 e. The van der Waals surface area contributed by atoms with Crippen molar-refractivity contribution in [1.29, 1.82) is 0 Å². The number of sulfonamides is 1. The first kappa shape index (κ1) is 19.9. The van der Waals surface area contributed by atoms with E-state index in [9.17, 15) is 12.8 Å². The van der Waals surface area contributed by atoms with E-state index in [0.717, 1.165) is 16.9 Å². The average Bonchev–Trinajstić information content (AvgIpc) is 3.25. The second-order valence-electron chi connectivity index (χ2n) is 6.64. The van der Waals surface area contributed by atoms with E-state index in [0.29, 0.717) is 18.9 Å².